The van der Waals surface area contributed by atoms with Crippen LogP contribution in [0, 0.1) is 5.82 Å². The molecule has 1 aromatic heterocycles. The quantitative estimate of drug-likeness (QED) is 0.614. The van der Waals surface area contributed by atoms with Crippen LogP contribution in [0.25, 0.3) is 11.5 Å². The van der Waals surface area contributed by atoms with E-state index < -0.39 is 0 Å². The van der Waals surface area contributed by atoms with E-state index in [0.717, 1.165) is 0 Å². The number of aromatic nitrogens is 1. The van der Waals surface area contributed by atoms with Crippen molar-refractivity contribution in [3.05, 3.63) is 70.3 Å². The van der Waals surface area contributed by atoms with E-state index >= 15 is 0 Å². The summed E-state index contributed by atoms with van der Waals surface area (Å²) in [5.74, 6) is -0.180. The molecule has 1 aliphatic heterocycles. The third-order valence-corrected chi connectivity index (χ3v) is 5.39. The monoisotopic (exact) mass is 419 g/mol. The first-order chi connectivity index (χ1) is 13.5. The number of carbonyl (C=O) groups is 1. The highest BCUT2D eigenvalue weighted by Gasteiger charge is 2.25. The maximum Gasteiger partial charge on any atom is 0.275 e. The Hall–Kier alpha value is -2.57. The number of rotatable bonds is 3. The van der Waals surface area contributed by atoms with E-state index in [4.69, 9.17) is 27.6 Å². The Balaban J connectivity index is 1.44. The van der Waals surface area contributed by atoms with Crippen molar-refractivity contribution in [1.29, 1.82) is 0 Å². The Labute approximate surface area is 171 Å². The van der Waals surface area contributed by atoms with Crippen LogP contribution in [0.3, 0.4) is 0 Å². The van der Waals surface area contributed by atoms with Gasteiger partial charge in [-0.25, -0.2) is 9.37 Å². The molecule has 0 bridgehead atoms. The fourth-order valence-corrected chi connectivity index (χ4v) is 3.45. The average molecular weight is 420 g/mol. The molecule has 2 heterocycles. The molecule has 4 rings (SSSR count). The van der Waals surface area contributed by atoms with Crippen LogP contribution in [0.5, 0.6) is 0 Å². The summed E-state index contributed by atoms with van der Waals surface area (Å²) in [5, 5.41) is 0.815. The van der Waals surface area contributed by atoms with E-state index in [1.165, 1.54) is 12.3 Å². The first-order valence-corrected chi connectivity index (χ1v) is 9.48. The van der Waals surface area contributed by atoms with Crippen LogP contribution < -0.4 is 4.90 Å². The van der Waals surface area contributed by atoms with Gasteiger partial charge in [0, 0.05) is 31.7 Å². The summed E-state index contributed by atoms with van der Waals surface area (Å²) in [4.78, 5) is 20.6. The van der Waals surface area contributed by atoms with Gasteiger partial charge in [-0.2, -0.15) is 0 Å². The van der Waals surface area contributed by atoms with Crippen molar-refractivity contribution in [2.24, 2.45) is 0 Å². The van der Waals surface area contributed by atoms with Crippen molar-refractivity contribution in [2.45, 2.75) is 0 Å². The lowest BCUT2D eigenvalue weighted by Gasteiger charge is -2.35. The number of halogens is 3. The van der Waals surface area contributed by atoms with Crippen molar-refractivity contribution in [3.63, 3.8) is 0 Å². The smallest absolute Gasteiger partial charge is 0.275 e. The van der Waals surface area contributed by atoms with Crippen LogP contribution in [-0.2, 0) is 0 Å². The normalized spacial score (nSPS) is 14.4. The predicted octanol–water partition coefficient (Wildman–Crippen LogP) is 4.75. The van der Waals surface area contributed by atoms with Gasteiger partial charge in [0.1, 0.15) is 12.1 Å². The second-order valence-corrected chi connectivity index (χ2v) is 7.21. The molecule has 1 fully saturated rings. The molecule has 144 valence electrons. The lowest BCUT2D eigenvalue weighted by Crippen LogP contribution is -2.49. The van der Waals surface area contributed by atoms with Crippen LogP contribution >= 0.6 is 23.2 Å². The molecule has 0 unspecified atom stereocenters. The number of nitrogens with zero attached hydrogens (tertiary/aromatic N) is 3. The van der Waals surface area contributed by atoms with Gasteiger partial charge in [-0.1, -0.05) is 35.3 Å². The standard InChI is InChI=1S/C20H16Cl2FN3O2/c21-14-6-5-13(11-15(14)22)19-24-17(12-28-19)20(27)26-9-7-25(8-10-26)18-4-2-1-3-16(18)23/h1-6,11-12H,7-10H2. The molecule has 1 saturated heterocycles. The highest BCUT2D eigenvalue weighted by molar-refractivity contribution is 6.42. The number of piperazine rings is 1. The van der Waals surface area contributed by atoms with E-state index in [9.17, 15) is 9.18 Å². The van der Waals surface area contributed by atoms with Gasteiger partial charge in [0.25, 0.3) is 5.91 Å². The fourth-order valence-electron chi connectivity index (χ4n) is 3.15. The first kappa shape index (κ1) is 18.8. The van der Waals surface area contributed by atoms with Crippen LogP contribution in [0.1, 0.15) is 10.5 Å². The van der Waals surface area contributed by atoms with E-state index in [1.807, 2.05) is 4.90 Å². The zero-order valence-corrected chi connectivity index (χ0v) is 16.3. The topological polar surface area (TPSA) is 49.6 Å². The van der Waals surface area contributed by atoms with E-state index in [1.54, 1.807) is 41.3 Å². The lowest BCUT2D eigenvalue weighted by molar-refractivity contribution is 0.0740. The van der Waals surface area contributed by atoms with Crippen molar-refractivity contribution < 1.29 is 13.6 Å². The zero-order chi connectivity index (χ0) is 19.7. The lowest BCUT2D eigenvalue weighted by atomic mass is 10.2. The molecule has 3 aromatic rings. The Morgan fingerprint density at radius 3 is 2.50 bits per heavy atom. The molecule has 2 aromatic carbocycles. The molecule has 0 radical (unpaired) electrons. The van der Waals surface area contributed by atoms with Gasteiger partial charge in [-0.05, 0) is 30.3 Å². The second-order valence-electron chi connectivity index (χ2n) is 6.40. The molecule has 0 atom stereocenters. The summed E-state index contributed by atoms with van der Waals surface area (Å²) in [6.45, 7) is 2.04. The molecule has 0 aliphatic carbocycles. The predicted molar refractivity (Wildman–Crippen MR) is 106 cm³/mol. The third kappa shape index (κ3) is 3.70. The highest BCUT2D eigenvalue weighted by Crippen LogP contribution is 2.28. The number of para-hydroxylation sites is 1. The number of oxazole rings is 1. The van der Waals surface area contributed by atoms with Crippen molar-refractivity contribution in [1.82, 2.24) is 9.88 Å². The van der Waals surface area contributed by atoms with Crippen LogP contribution in [-0.4, -0.2) is 42.0 Å². The Kier molecular flexibility index (Phi) is 5.24. The number of benzene rings is 2. The van der Waals surface area contributed by atoms with Gasteiger partial charge in [-0.3, -0.25) is 4.79 Å². The molecule has 8 heteroatoms. The van der Waals surface area contributed by atoms with Gasteiger partial charge in [0.2, 0.25) is 5.89 Å². The fraction of sp³-hybridized carbons (Fsp3) is 0.200. The average Bonchev–Trinajstić information content (AvgIpc) is 3.20. The molecule has 0 N–H and O–H groups in total. The van der Waals surface area contributed by atoms with Crippen LogP contribution in [0.4, 0.5) is 10.1 Å². The largest absolute Gasteiger partial charge is 0.444 e. The van der Waals surface area contributed by atoms with Crippen LogP contribution in [0.2, 0.25) is 10.0 Å². The minimum absolute atomic E-state index is 0.219. The SMILES string of the molecule is O=C(c1coc(-c2ccc(Cl)c(Cl)c2)n1)N1CCN(c2ccccc2F)CC1. The minimum atomic E-state index is -0.259. The van der Waals surface area contributed by atoms with Gasteiger partial charge in [-0.15, -0.1) is 0 Å². The Morgan fingerprint density at radius 1 is 1.04 bits per heavy atom. The van der Waals surface area contributed by atoms with E-state index in [2.05, 4.69) is 4.98 Å². The molecule has 28 heavy (non-hydrogen) atoms. The molecule has 1 aliphatic rings. The summed E-state index contributed by atoms with van der Waals surface area (Å²) >= 11 is 11.9. The molecule has 0 saturated carbocycles. The third-order valence-electron chi connectivity index (χ3n) is 4.65. The molecule has 0 spiro atoms. The molecule has 1 amide bonds. The van der Waals surface area contributed by atoms with E-state index in [0.29, 0.717) is 53.4 Å². The summed E-state index contributed by atoms with van der Waals surface area (Å²) < 4.78 is 19.4. The van der Waals surface area contributed by atoms with Gasteiger partial charge < -0.3 is 14.2 Å². The van der Waals surface area contributed by atoms with Gasteiger partial charge in [0.15, 0.2) is 5.69 Å². The highest BCUT2D eigenvalue weighted by atomic mass is 35.5. The van der Waals surface area contributed by atoms with E-state index in [-0.39, 0.29) is 17.4 Å². The molecular weight excluding hydrogens is 404 g/mol. The Bertz CT molecular complexity index is 1020. The van der Waals surface area contributed by atoms with Gasteiger partial charge >= 0.3 is 0 Å². The molecular formula is C20H16Cl2FN3O2. The summed E-state index contributed by atoms with van der Waals surface area (Å²) in [6.07, 6.45) is 1.34. The maximum absolute atomic E-state index is 13.9. The summed E-state index contributed by atoms with van der Waals surface area (Å²) in [5.41, 5.74) is 1.41. The van der Waals surface area contributed by atoms with Gasteiger partial charge in [0.05, 0.1) is 15.7 Å². The number of carbonyl (C=O) groups excluding carboxylic acids is 1. The summed E-state index contributed by atoms with van der Waals surface area (Å²) in [7, 11) is 0. The number of hydrogen-bond donors (Lipinski definition) is 0. The number of hydrogen-bond acceptors (Lipinski definition) is 4. The second kappa shape index (κ2) is 7.81. The number of amides is 1. The minimum Gasteiger partial charge on any atom is -0.444 e. The number of anilines is 1. The summed E-state index contributed by atoms with van der Waals surface area (Å²) in [6, 6.07) is 11.6. The van der Waals surface area contributed by atoms with Crippen molar-refractivity contribution in [2.75, 3.05) is 31.1 Å². The van der Waals surface area contributed by atoms with Crippen LogP contribution in [0.15, 0.2) is 53.1 Å². The van der Waals surface area contributed by atoms with Crippen molar-refractivity contribution in [3.8, 4) is 11.5 Å². The zero-order valence-electron chi connectivity index (χ0n) is 14.7. The first-order valence-electron chi connectivity index (χ1n) is 8.72. The molecule has 5 nitrogen and oxygen atoms in total. The maximum atomic E-state index is 13.9. The Morgan fingerprint density at radius 2 is 1.79 bits per heavy atom. The van der Waals surface area contributed by atoms with Crippen molar-refractivity contribution >= 4 is 34.8 Å².